The lowest BCUT2D eigenvalue weighted by atomic mass is 10.2. The van der Waals surface area contributed by atoms with Crippen LogP contribution in [0.15, 0.2) is 23.1 Å². The lowest BCUT2D eigenvalue weighted by Gasteiger charge is -2.34. The third-order valence-electron chi connectivity index (χ3n) is 3.41. The number of nitrogens with zero attached hydrogens (tertiary/aromatic N) is 2. The smallest absolute Gasteiger partial charge is 0.256 e. The normalized spacial score (nSPS) is 24.5. The molecular formula is C12H16Cl2N2O5S2. The molecule has 7 nitrogen and oxygen atoms in total. The number of sulfonamides is 1. The monoisotopic (exact) mass is 402 g/mol. The van der Waals surface area contributed by atoms with Gasteiger partial charge in [0.15, 0.2) is 9.84 Å². The van der Waals surface area contributed by atoms with E-state index in [1.807, 2.05) is 0 Å². The first-order valence-corrected chi connectivity index (χ1v) is 10.5. The van der Waals surface area contributed by atoms with Gasteiger partial charge in [-0.3, -0.25) is 0 Å². The second-order valence-corrected chi connectivity index (χ2v) is 10.2. The van der Waals surface area contributed by atoms with Crippen molar-refractivity contribution >= 4 is 43.1 Å². The van der Waals surface area contributed by atoms with E-state index < -0.39 is 43.5 Å². The van der Waals surface area contributed by atoms with Gasteiger partial charge in [-0.15, -0.1) is 4.41 Å². The van der Waals surface area contributed by atoms with E-state index in [2.05, 4.69) is 0 Å². The van der Waals surface area contributed by atoms with Crippen molar-refractivity contribution in [2.75, 3.05) is 25.6 Å². The highest BCUT2D eigenvalue weighted by molar-refractivity contribution is 7.92. The summed E-state index contributed by atoms with van der Waals surface area (Å²) in [5.41, 5.74) is 0. The van der Waals surface area contributed by atoms with Gasteiger partial charge in [-0.2, -0.15) is 0 Å². The standard InChI is InChI=1S/C12H16Cl2N2O5S2/c1-15(2)16(11-6-22(18,19)7-12(11)17)23(20,21)8-3-4-9(13)10(14)5-8/h3-5,11-12,17H,6-7H2,1-2H3/t11-,12-/m1/s1. The molecule has 0 aliphatic carbocycles. The lowest BCUT2D eigenvalue weighted by Crippen LogP contribution is -2.53. The molecule has 1 aliphatic heterocycles. The van der Waals surface area contributed by atoms with E-state index in [1.165, 1.54) is 37.3 Å². The summed E-state index contributed by atoms with van der Waals surface area (Å²) in [5.74, 6) is -0.925. The fraction of sp³-hybridized carbons (Fsp3) is 0.500. The molecule has 11 heteroatoms. The molecule has 130 valence electrons. The Morgan fingerprint density at radius 3 is 2.22 bits per heavy atom. The molecule has 1 saturated heterocycles. The van der Waals surface area contributed by atoms with Crippen molar-refractivity contribution in [1.82, 2.24) is 9.42 Å². The molecule has 0 aromatic heterocycles. The van der Waals surface area contributed by atoms with Gasteiger partial charge in [0.2, 0.25) is 0 Å². The zero-order valence-electron chi connectivity index (χ0n) is 12.3. The minimum atomic E-state index is -4.11. The third-order valence-corrected chi connectivity index (χ3v) is 7.78. The molecule has 2 rings (SSSR count). The molecule has 0 spiro atoms. The summed E-state index contributed by atoms with van der Waals surface area (Å²) in [6, 6.07) is 2.70. The largest absolute Gasteiger partial charge is 0.390 e. The van der Waals surface area contributed by atoms with Gasteiger partial charge in [0, 0.05) is 14.1 Å². The quantitative estimate of drug-likeness (QED) is 0.741. The molecule has 0 saturated carbocycles. The Morgan fingerprint density at radius 2 is 1.78 bits per heavy atom. The molecule has 0 amide bonds. The molecule has 23 heavy (non-hydrogen) atoms. The van der Waals surface area contributed by atoms with Gasteiger partial charge in [0.05, 0.1) is 38.6 Å². The summed E-state index contributed by atoms with van der Waals surface area (Å²) in [7, 11) is -4.72. The van der Waals surface area contributed by atoms with Gasteiger partial charge < -0.3 is 5.11 Å². The number of hydrazine groups is 1. The van der Waals surface area contributed by atoms with Crippen LogP contribution >= 0.6 is 23.2 Å². The highest BCUT2D eigenvalue weighted by Crippen LogP contribution is 2.30. The molecule has 0 unspecified atom stereocenters. The topological polar surface area (TPSA) is 95.0 Å². The number of aliphatic hydroxyl groups excluding tert-OH is 1. The summed E-state index contributed by atoms with van der Waals surface area (Å²) in [4.78, 5) is -0.142. The summed E-state index contributed by atoms with van der Waals surface area (Å²) < 4.78 is 50.0. The van der Waals surface area contributed by atoms with Crippen LogP contribution in [0.25, 0.3) is 0 Å². The maximum atomic E-state index is 12.9. The average molecular weight is 403 g/mol. The van der Waals surface area contributed by atoms with Gasteiger partial charge in [0.25, 0.3) is 10.0 Å². The van der Waals surface area contributed by atoms with Crippen LogP contribution < -0.4 is 0 Å². The van der Waals surface area contributed by atoms with Gasteiger partial charge >= 0.3 is 0 Å². The fourth-order valence-electron chi connectivity index (χ4n) is 2.46. The first kappa shape index (κ1) is 18.9. The Morgan fingerprint density at radius 1 is 1.17 bits per heavy atom. The number of aliphatic hydroxyl groups is 1. The first-order chi connectivity index (χ1) is 10.5. The first-order valence-electron chi connectivity index (χ1n) is 6.51. The predicted molar refractivity (Wildman–Crippen MR) is 87.6 cm³/mol. The van der Waals surface area contributed by atoms with Crippen LogP contribution in [0.2, 0.25) is 10.0 Å². The van der Waals surface area contributed by atoms with Gasteiger partial charge in [-0.25, -0.2) is 21.8 Å². The molecule has 1 N–H and O–H groups in total. The minimum absolute atomic E-state index is 0.0611. The number of benzene rings is 1. The molecule has 1 aliphatic rings. The van der Waals surface area contributed by atoms with E-state index in [0.717, 1.165) is 4.41 Å². The van der Waals surface area contributed by atoms with Crippen molar-refractivity contribution in [3.8, 4) is 0 Å². The van der Waals surface area contributed by atoms with Crippen molar-refractivity contribution in [2.45, 2.75) is 17.0 Å². The van der Waals surface area contributed by atoms with Crippen LogP contribution in [-0.4, -0.2) is 69.1 Å². The highest BCUT2D eigenvalue weighted by Gasteiger charge is 2.46. The van der Waals surface area contributed by atoms with Crippen molar-refractivity contribution in [3.63, 3.8) is 0 Å². The van der Waals surface area contributed by atoms with Crippen molar-refractivity contribution < 1.29 is 21.9 Å². The Balaban J connectivity index is 2.50. The zero-order chi connectivity index (χ0) is 17.6. The average Bonchev–Trinajstić information content (AvgIpc) is 2.65. The van der Waals surface area contributed by atoms with E-state index in [-0.39, 0.29) is 14.9 Å². The maximum absolute atomic E-state index is 12.9. The summed E-state index contributed by atoms with van der Waals surface area (Å²) in [6.45, 7) is 0. The number of rotatable bonds is 4. The predicted octanol–water partition coefficient (Wildman–Crippen LogP) is 0.619. The van der Waals surface area contributed by atoms with E-state index in [0.29, 0.717) is 0 Å². The summed E-state index contributed by atoms with van der Waals surface area (Å²) in [6.07, 6.45) is -1.31. The fourth-order valence-corrected chi connectivity index (χ4v) is 6.40. The molecule has 1 fully saturated rings. The Hall–Kier alpha value is -0.420. The molecule has 0 radical (unpaired) electrons. The Bertz CT molecular complexity index is 811. The zero-order valence-corrected chi connectivity index (χ0v) is 15.5. The molecule has 2 atom stereocenters. The molecule has 1 aromatic rings. The van der Waals surface area contributed by atoms with Crippen LogP contribution in [0.5, 0.6) is 0 Å². The van der Waals surface area contributed by atoms with Crippen LogP contribution in [-0.2, 0) is 19.9 Å². The molecule has 1 heterocycles. The van der Waals surface area contributed by atoms with Gasteiger partial charge in [-0.05, 0) is 18.2 Å². The van der Waals surface area contributed by atoms with E-state index in [4.69, 9.17) is 23.2 Å². The maximum Gasteiger partial charge on any atom is 0.256 e. The molecule has 0 bridgehead atoms. The molecular weight excluding hydrogens is 387 g/mol. The second-order valence-electron chi connectivity index (χ2n) is 5.41. The van der Waals surface area contributed by atoms with Crippen LogP contribution in [0.4, 0.5) is 0 Å². The molecule has 1 aromatic carbocycles. The number of hydrogen-bond acceptors (Lipinski definition) is 6. The lowest BCUT2D eigenvalue weighted by molar-refractivity contribution is 0.0272. The summed E-state index contributed by atoms with van der Waals surface area (Å²) in [5, 5.41) is 11.5. The van der Waals surface area contributed by atoms with Crippen molar-refractivity contribution in [1.29, 1.82) is 0 Å². The number of halogens is 2. The van der Waals surface area contributed by atoms with E-state index in [9.17, 15) is 21.9 Å². The summed E-state index contributed by atoms with van der Waals surface area (Å²) >= 11 is 11.7. The minimum Gasteiger partial charge on any atom is -0.390 e. The Kier molecular flexibility index (Phi) is 5.32. The van der Waals surface area contributed by atoms with Crippen LogP contribution in [0.3, 0.4) is 0 Å². The van der Waals surface area contributed by atoms with Crippen molar-refractivity contribution in [3.05, 3.63) is 28.2 Å². The van der Waals surface area contributed by atoms with E-state index >= 15 is 0 Å². The number of hydrogen-bond donors (Lipinski definition) is 1. The van der Waals surface area contributed by atoms with Crippen LogP contribution in [0.1, 0.15) is 0 Å². The Labute approximate surface area is 145 Å². The second kappa shape index (κ2) is 6.47. The third kappa shape index (κ3) is 3.81. The number of sulfone groups is 1. The highest BCUT2D eigenvalue weighted by atomic mass is 35.5. The van der Waals surface area contributed by atoms with E-state index in [1.54, 1.807) is 0 Å². The van der Waals surface area contributed by atoms with Gasteiger partial charge in [0.1, 0.15) is 0 Å². The van der Waals surface area contributed by atoms with Crippen molar-refractivity contribution in [2.24, 2.45) is 0 Å². The van der Waals surface area contributed by atoms with Gasteiger partial charge in [-0.1, -0.05) is 23.2 Å². The van der Waals surface area contributed by atoms with Crippen LogP contribution in [0, 0.1) is 0 Å². The SMILES string of the molecule is CN(C)N([C@@H]1CS(=O)(=O)C[C@H]1O)S(=O)(=O)c1ccc(Cl)c(Cl)c1.